The van der Waals surface area contributed by atoms with Gasteiger partial charge in [-0.05, 0) is 6.42 Å². The van der Waals surface area contributed by atoms with Gasteiger partial charge in [-0.1, -0.05) is 0 Å². The number of methoxy groups -OCH3 is 1. The van der Waals surface area contributed by atoms with Gasteiger partial charge in [0.05, 0.1) is 19.3 Å². The summed E-state index contributed by atoms with van der Waals surface area (Å²) in [7, 11) is 1.61. The summed E-state index contributed by atoms with van der Waals surface area (Å²) < 4.78 is 10.3. The zero-order valence-corrected chi connectivity index (χ0v) is 6.69. The first kappa shape index (κ1) is 8.93. The highest BCUT2D eigenvalue weighted by atomic mass is 16.5. The van der Waals surface area contributed by atoms with Gasteiger partial charge < -0.3 is 20.3 Å². The van der Waals surface area contributed by atoms with Crippen LogP contribution in [-0.4, -0.2) is 43.7 Å². The van der Waals surface area contributed by atoms with Crippen molar-refractivity contribution in [1.29, 1.82) is 0 Å². The first-order valence-corrected chi connectivity index (χ1v) is 3.78. The molecule has 4 heteroatoms. The Bertz CT molecular complexity index is 120. The highest BCUT2D eigenvalue weighted by Crippen LogP contribution is 2.15. The second-order valence-corrected chi connectivity index (χ2v) is 2.82. The van der Waals surface area contributed by atoms with E-state index in [1.54, 1.807) is 7.11 Å². The van der Waals surface area contributed by atoms with Gasteiger partial charge in [0.25, 0.3) is 0 Å². The molecule has 0 amide bonds. The Kier molecular flexibility index (Phi) is 3.26. The molecule has 0 bridgehead atoms. The fourth-order valence-corrected chi connectivity index (χ4v) is 1.29. The molecule has 0 radical (unpaired) electrons. The summed E-state index contributed by atoms with van der Waals surface area (Å²) in [6.07, 6.45) is 0.519. The Labute approximate surface area is 66.3 Å². The molecule has 1 rings (SSSR count). The van der Waals surface area contributed by atoms with Gasteiger partial charge in [-0.2, -0.15) is 0 Å². The molecule has 0 saturated carbocycles. The predicted octanol–water partition coefficient (Wildman–Crippen LogP) is -0.890. The van der Waals surface area contributed by atoms with E-state index < -0.39 is 0 Å². The lowest BCUT2D eigenvalue weighted by Crippen LogP contribution is -2.47. The number of aliphatic hydroxyl groups excluding tert-OH is 1. The van der Waals surface area contributed by atoms with Gasteiger partial charge in [0.1, 0.15) is 6.10 Å². The molecule has 11 heavy (non-hydrogen) atoms. The maximum Gasteiger partial charge on any atom is 0.107 e. The van der Waals surface area contributed by atoms with Crippen molar-refractivity contribution in [2.24, 2.45) is 5.73 Å². The van der Waals surface area contributed by atoms with Gasteiger partial charge in [0, 0.05) is 13.2 Å². The maximum atomic E-state index is 8.83. The van der Waals surface area contributed by atoms with Crippen molar-refractivity contribution in [1.82, 2.24) is 0 Å². The molecule has 4 nitrogen and oxygen atoms in total. The second kappa shape index (κ2) is 4.01. The zero-order valence-electron chi connectivity index (χ0n) is 6.69. The first-order chi connectivity index (χ1) is 5.27. The van der Waals surface area contributed by atoms with Crippen molar-refractivity contribution >= 4 is 0 Å². The molecule has 0 aromatic rings. The highest BCUT2D eigenvalue weighted by molar-refractivity contribution is 4.80. The van der Waals surface area contributed by atoms with Crippen molar-refractivity contribution in [3.63, 3.8) is 0 Å². The highest BCUT2D eigenvalue weighted by Gasteiger charge is 2.28. The molecule has 3 N–H and O–H groups in total. The van der Waals surface area contributed by atoms with Crippen LogP contribution in [0.5, 0.6) is 0 Å². The third-order valence-corrected chi connectivity index (χ3v) is 1.96. The van der Waals surface area contributed by atoms with Crippen LogP contribution in [0.1, 0.15) is 6.42 Å². The van der Waals surface area contributed by atoms with Crippen molar-refractivity contribution in [3.05, 3.63) is 0 Å². The number of hydrogen-bond acceptors (Lipinski definition) is 4. The molecule has 1 aliphatic heterocycles. The first-order valence-electron chi connectivity index (χ1n) is 3.78. The number of aliphatic hydroxyl groups is 1. The van der Waals surface area contributed by atoms with Gasteiger partial charge in [0.2, 0.25) is 0 Å². The van der Waals surface area contributed by atoms with Gasteiger partial charge in [-0.15, -0.1) is 0 Å². The third-order valence-electron chi connectivity index (χ3n) is 1.96. The Morgan fingerprint density at radius 1 is 1.73 bits per heavy atom. The summed E-state index contributed by atoms with van der Waals surface area (Å²) in [4.78, 5) is 0. The van der Waals surface area contributed by atoms with Crippen molar-refractivity contribution in [2.75, 3.05) is 20.3 Å². The third kappa shape index (κ3) is 2.13. The van der Waals surface area contributed by atoms with Crippen molar-refractivity contribution in [2.45, 2.75) is 24.7 Å². The topological polar surface area (TPSA) is 64.7 Å². The van der Waals surface area contributed by atoms with E-state index in [1.807, 2.05) is 0 Å². The lowest BCUT2D eigenvalue weighted by molar-refractivity contribution is -0.115. The van der Waals surface area contributed by atoms with Crippen LogP contribution < -0.4 is 5.73 Å². The van der Waals surface area contributed by atoms with Crippen LogP contribution in [0.15, 0.2) is 0 Å². The molecule has 1 aliphatic rings. The van der Waals surface area contributed by atoms with Crippen LogP contribution >= 0.6 is 0 Å². The molecular formula is C7H15NO3. The minimum Gasteiger partial charge on any atom is -0.394 e. The fraction of sp³-hybridized carbons (Fsp3) is 1.00. The SMILES string of the molecule is CO[C@H]1C[C@@H](N)CO[C@@H]1CO. The van der Waals surface area contributed by atoms with Gasteiger partial charge in [-0.3, -0.25) is 0 Å². The largest absolute Gasteiger partial charge is 0.394 e. The van der Waals surface area contributed by atoms with E-state index in [4.69, 9.17) is 20.3 Å². The lowest BCUT2D eigenvalue weighted by Gasteiger charge is -2.32. The standard InChI is InChI=1S/C7H15NO3/c1-10-6-2-5(8)4-11-7(6)3-9/h5-7,9H,2-4,8H2,1H3/t5-,6+,7-/m1/s1. The molecule has 1 fully saturated rings. The molecular weight excluding hydrogens is 146 g/mol. The lowest BCUT2D eigenvalue weighted by atomic mass is 10.0. The van der Waals surface area contributed by atoms with Gasteiger partial charge in [-0.25, -0.2) is 0 Å². The van der Waals surface area contributed by atoms with Crippen molar-refractivity contribution in [3.8, 4) is 0 Å². The van der Waals surface area contributed by atoms with Crippen LogP contribution in [-0.2, 0) is 9.47 Å². The molecule has 3 atom stereocenters. The number of ether oxygens (including phenoxy) is 2. The predicted molar refractivity (Wildman–Crippen MR) is 40.2 cm³/mol. The van der Waals surface area contributed by atoms with E-state index in [-0.39, 0.29) is 24.9 Å². The summed E-state index contributed by atoms with van der Waals surface area (Å²) in [6, 6.07) is 0.0442. The molecule has 0 aliphatic carbocycles. The van der Waals surface area contributed by atoms with Crippen molar-refractivity contribution < 1.29 is 14.6 Å². The average molecular weight is 161 g/mol. The molecule has 0 unspecified atom stereocenters. The molecule has 0 aromatic carbocycles. The average Bonchev–Trinajstić information content (AvgIpc) is 2.04. The second-order valence-electron chi connectivity index (χ2n) is 2.82. The Balaban J connectivity index is 2.41. The Morgan fingerprint density at radius 2 is 2.45 bits per heavy atom. The molecule has 1 saturated heterocycles. The van der Waals surface area contributed by atoms with Crippen LogP contribution in [0.25, 0.3) is 0 Å². The minimum absolute atomic E-state index is 0.00519. The molecule has 0 aromatic heterocycles. The van der Waals surface area contributed by atoms with Crippen LogP contribution in [0.3, 0.4) is 0 Å². The minimum atomic E-state index is -0.195. The van der Waals surface area contributed by atoms with E-state index >= 15 is 0 Å². The van der Waals surface area contributed by atoms with E-state index in [0.29, 0.717) is 6.61 Å². The zero-order chi connectivity index (χ0) is 8.27. The van der Waals surface area contributed by atoms with E-state index in [1.165, 1.54) is 0 Å². The number of rotatable bonds is 2. The van der Waals surface area contributed by atoms with Gasteiger partial charge >= 0.3 is 0 Å². The van der Waals surface area contributed by atoms with Gasteiger partial charge in [0.15, 0.2) is 0 Å². The fourth-order valence-electron chi connectivity index (χ4n) is 1.29. The summed E-state index contributed by atoms with van der Waals surface area (Å²) in [5.41, 5.74) is 5.63. The smallest absolute Gasteiger partial charge is 0.107 e. The monoisotopic (exact) mass is 161 g/mol. The van der Waals surface area contributed by atoms with E-state index in [0.717, 1.165) is 6.42 Å². The molecule has 1 heterocycles. The summed E-state index contributed by atoms with van der Waals surface area (Å²) in [6.45, 7) is 0.524. The summed E-state index contributed by atoms with van der Waals surface area (Å²) >= 11 is 0. The quantitative estimate of drug-likeness (QED) is 0.551. The Morgan fingerprint density at radius 3 is 3.00 bits per heavy atom. The Hall–Kier alpha value is -0.160. The molecule has 0 spiro atoms. The normalized spacial score (nSPS) is 39.0. The van der Waals surface area contributed by atoms with E-state index in [9.17, 15) is 0 Å². The van der Waals surface area contributed by atoms with Crippen LogP contribution in [0.4, 0.5) is 0 Å². The van der Waals surface area contributed by atoms with E-state index in [2.05, 4.69) is 0 Å². The summed E-state index contributed by atoms with van der Waals surface area (Å²) in [5.74, 6) is 0. The summed E-state index contributed by atoms with van der Waals surface area (Å²) in [5, 5.41) is 8.83. The van der Waals surface area contributed by atoms with Crippen LogP contribution in [0, 0.1) is 0 Å². The number of nitrogens with two attached hydrogens (primary N) is 1. The van der Waals surface area contributed by atoms with Crippen LogP contribution in [0.2, 0.25) is 0 Å². The molecule has 66 valence electrons. The number of hydrogen-bond donors (Lipinski definition) is 2. The maximum absolute atomic E-state index is 8.83.